The monoisotopic (exact) mass is 465 g/mol. The number of hydrogen-bond acceptors (Lipinski definition) is 4. The maximum atomic E-state index is 12.8. The molecular weight excluding hydrogens is 434 g/mol. The summed E-state index contributed by atoms with van der Waals surface area (Å²) in [6, 6.07) is 12.2. The van der Waals surface area contributed by atoms with Gasteiger partial charge in [-0.1, -0.05) is 43.9 Å². The van der Waals surface area contributed by atoms with Gasteiger partial charge in [0.1, 0.15) is 0 Å². The minimum atomic E-state index is -0.242. The summed E-state index contributed by atoms with van der Waals surface area (Å²) < 4.78 is 0. The second-order valence-corrected chi connectivity index (χ2v) is 10.1. The van der Waals surface area contributed by atoms with Crippen LogP contribution in [0.4, 0.5) is 17.3 Å². The molecule has 0 spiro atoms. The molecule has 1 saturated carbocycles. The van der Waals surface area contributed by atoms with Crippen molar-refractivity contribution in [2.75, 3.05) is 23.3 Å². The number of amides is 1. The van der Waals surface area contributed by atoms with E-state index < -0.39 is 0 Å². The quantitative estimate of drug-likeness (QED) is 0.408. The van der Waals surface area contributed by atoms with Crippen molar-refractivity contribution in [1.82, 2.24) is 15.3 Å². The van der Waals surface area contributed by atoms with E-state index in [4.69, 9.17) is 11.6 Å². The van der Waals surface area contributed by atoms with E-state index in [9.17, 15) is 4.79 Å². The second-order valence-electron chi connectivity index (χ2n) is 9.72. The van der Waals surface area contributed by atoms with Crippen molar-refractivity contribution in [1.29, 1.82) is 0 Å². The summed E-state index contributed by atoms with van der Waals surface area (Å²) in [6.07, 6.45) is 7.95. The number of fused-ring (bicyclic) bond motifs is 1. The molecular formula is C26H32ClN5O. The number of nitrogens with zero attached hydrogens (tertiary/aromatic N) is 2. The Labute approximate surface area is 200 Å². The normalized spacial score (nSPS) is 17.9. The third-order valence-corrected chi connectivity index (χ3v) is 7.51. The molecule has 2 aromatic carbocycles. The van der Waals surface area contributed by atoms with Gasteiger partial charge in [0.2, 0.25) is 11.9 Å². The van der Waals surface area contributed by atoms with E-state index in [0.29, 0.717) is 17.5 Å². The molecule has 7 heteroatoms. The summed E-state index contributed by atoms with van der Waals surface area (Å²) in [4.78, 5) is 23.3. The maximum Gasteiger partial charge on any atom is 0.226 e. The summed E-state index contributed by atoms with van der Waals surface area (Å²) >= 11 is 6.46. The maximum absolute atomic E-state index is 12.8. The van der Waals surface area contributed by atoms with E-state index in [0.717, 1.165) is 61.1 Å². The van der Waals surface area contributed by atoms with Crippen molar-refractivity contribution in [3.05, 3.63) is 47.0 Å². The molecule has 0 radical (unpaired) electrons. The number of anilines is 3. The number of carbonyl (C=O) groups excluding carboxylic acids is 1. The number of H-pyrrole nitrogens is 1. The molecule has 1 saturated heterocycles. The Hall–Kier alpha value is -2.73. The van der Waals surface area contributed by atoms with E-state index in [2.05, 4.69) is 50.6 Å². The summed E-state index contributed by atoms with van der Waals surface area (Å²) in [7, 11) is 0. The smallest absolute Gasteiger partial charge is 0.226 e. The Balaban J connectivity index is 1.28. The topological polar surface area (TPSA) is 73.1 Å². The van der Waals surface area contributed by atoms with Crippen LogP contribution in [0.1, 0.15) is 57.4 Å². The van der Waals surface area contributed by atoms with Crippen LogP contribution in [-0.2, 0) is 11.3 Å². The average Bonchev–Trinajstić information content (AvgIpc) is 3.49. The van der Waals surface area contributed by atoms with E-state index in [1.54, 1.807) is 0 Å². The van der Waals surface area contributed by atoms with Crippen LogP contribution < -0.4 is 15.5 Å². The van der Waals surface area contributed by atoms with Crippen molar-refractivity contribution < 1.29 is 4.79 Å². The number of imidazole rings is 1. The van der Waals surface area contributed by atoms with Crippen LogP contribution in [0, 0.1) is 5.41 Å². The molecule has 1 aromatic heterocycles. The first-order valence-electron chi connectivity index (χ1n) is 12.1. The van der Waals surface area contributed by atoms with Gasteiger partial charge in [-0.25, -0.2) is 4.98 Å². The number of hydrogen-bond donors (Lipinski definition) is 3. The van der Waals surface area contributed by atoms with Gasteiger partial charge >= 0.3 is 0 Å². The number of aromatic amines is 1. The Morgan fingerprint density at radius 1 is 1.09 bits per heavy atom. The lowest BCUT2D eigenvalue weighted by Gasteiger charge is -2.32. The number of nitrogens with one attached hydrogen (secondary N) is 3. The summed E-state index contributed by atoms with van der Waals surface area (Å²) in [5.74, 6) is 0.805. The predicted octanol–water partition coefficient (Wildman–Crippen LogP) is 6.15. The first kappa shape index (κ1) is 22.1. The van der Waals surface area contributed by atoms with Crippen molar-refractivity contribution in [2.45, 2.75) is 58.4 Å². The molecule has 2 heterocycles. The number of aromatic nitrogens is 2. The molecule has 0 unspecified atom stereocenters. The number of rotatable bonds is 6. The van der Waals surface area contributed by atoms with Crippen molar-refractivity contribution in [2.24, 2.45) is 5.41 Å². The third-order valence-electron chi connectivity index (χ3n) is 7.18. The lowest BCUT2D eigenvalue weighted by atomic mass is 9.75. The van der Waals surface area contributed by atoms with Gasteiger partial charge in [0.05, 0.1) is 21.7 Å². The zero-order valence-electron chi connectivity index (χ0n) is 19.2. The van der Waals surface area contributed by atoms with Gasteiger partial charge in [-0.15, -0.1) is 0 Å². The first-order chi connectivity index (χ1) is 16.0. The Kier molecular flexibility index (Phi) is 6.19. The van der Waals surface area contributed by atoms with E-state index in [-0.39, 0.29) is 11.3 Å². The van der Waals surface area contributed by atoms with Gasteiger partial charge in [0.25, 0.3) is 0 Å². The fourth-order valence-electron chi connectivity index (χ4n) is 5.09. The highest BCUT2D eigenvalue weighted by molar-refractivity contribution is 6.33. The number of carbonyl (C=O) groups is 1. The summed E-state index contributed by atoms with van der Waals surface area (Å²) in [5.41, 5.74) is 4.68. The molecule has 5 rings (SSSR count). The van der Waals surface area contributed by atoms with E-state index in [1.807, 2.05) is 18.2 Å². The van der Waals surface area contributed by atoms with Crippen molar-refractivity contribution in [3.63, 3.8) is 0 Å². The van der Waals surface area contributed by atoms with Gasteiger partial charge in [0, 0.05) is 30.7 Å². The molecule has 3 N–H and O–H groups in total. The zero-order chi connectivity index (χ0) is 22.8. The van der Waals surface area contributed by atoms with Crippen LogP contribution in [-0.4, -0.2) is 29.0 Å². The molecule has 2 fully saturated rings. The van der Waals surface area contributed by atoms with Crippen LogP contribution >= 0.6 is 11.6 Å². The predicted molar refractivity (Wildman–Crippen MR) is 135 cm³/mol. The number of benzene rings is 2. The van der Waals surface area contributed by atoms with Crippen molar-refractivity contribution >= 4 is 45.9 Å². The second kappa shape index (κ2) is 9.26. The molecule has 0 atom stereocenters. The highest BCUT2D eigenvalue weighted by Gasteiger charge is 2.34. The summed E-state index contributed by atoms with van der Waals surface area (Å²) in [5, 5.41) is 7.07. The van der Waals surface area contributed by atoms with Crippen molar-refractivity contribution in [3.8, 4) is 0 Å². The van der Waals surface area contributed by atoms with Gasteiger partial charge in [-0.05, 0) is 61.6 Å². The van der Waals surface area contributed by atoms with Crippen LogP contribution in [0.25, 0.3) is 11.0 Å². The molecule has 3 aromatic rings. The van der Waals surface area contributed by atoms with E-state index >= 15 is 0 Å². The lowest BCUT2D eigenvalue weighted by Crippen LogP contribution is -2.39. The Bertz CT molecular complexity index is 1140. The Morgan fingerprint density at radius 3 is 2.67 bits per heavy atom. The molecule has 0 bridgehead atoms. The highest BCUT2D eigenvalue weighted by Crippen LogP contribution is 2.36. The van der Waals surface area contributed by atoms with E-state index in [1.165, 1.54) is 24.9 Å². The van der Waals surface area contributed by atoms with Crippen LogP contribution in [0.3, 0.4) is 0 Å². The zero-order valence-corrected chi connectivity index (χ0v) is 20.0. The molecule has 33 heavy (non-hydrogen) atoms. The molecule has 1 aliphatic carbocycles. The van der Waals surface area contributed by atoms with Gasteiger partial charge in [-0.3, -0.25) is 4.79 Å². The van der Waals surface area contributed by atoms with Gasteiger partial charge in [0.15, 0.2) is 0 Å². The molecule has 6 nitrogen and oxygen atoms in total. The standard InChI is InChI=1S/C26H32ClN5O/c1-26(11-3-2-4-12-26)24(33)28-17-18-7-9-20(27)22(15-18)30-25-29-21-10-8-19(16-23(21)31-25)32-13-5-6-14-32/h7-10,15-16H,2-6,11-14,17H2,1H3,(H,28,33)(H2,29,30,31). The molecule has 174 valence electrons. The molecule has 2 aliphatic rings. The minimum absolute atomic E-state index is 0.151. The average molecular weight is 466 g/mol. The van der Waals surface area contributed by atoms with Crippen LogP contribution in [0.5, 0.6) is 0 Å². The fourth-order valence-corrected chi connectivity index (χ4v) is 5.25. The number of halogens is 1. The van der Waals surface area contributed by atoms with Gasteiger partial charge in [-0.2, -0.15) is 0 Å². The largest absolute Gasteiger partial charge is 0.371 e. The van der Waals surface area contributed by atoms with Crippen LogP contribution in [0.2, 0.25) is 5.02 Å². The Morgan fingerprint density at radius 2 is 1.88 bits per heavy atom. The third kappa shape index (κ3) is 4.81. The minimum Gasteiger partial charge on any atom is -0.371 e. The van der Waals surface area contributed by atoms with Crippen LogP contribution in [0.15, 0.2) is 36.4 Å². The molecule has 1 aliphatic heterocycles. The van der Waals surface area contributed by atoms with Gasteiger partial charge < -0.3 is 20.5 Å². The fraction of sp³-hybridized carbons (Fsp3) is 0.462. The lowest BCUT2D eigenvalue weighted by molar-refractivity contribution is -0.132. The summed E-state index contributed by atoms with van der Waals surface area (Å²) in [6.45, 7) is 4.80. The first-order valence-corrected chi connectivity index (χ1v) is 12.5. The SMILES string of the molecule is CC1(C(=O)NCc2ccc(Cl)c(Nc3nc4ccc(N5CCCC5)cc4[nH]3)c2)CCCCC1. The molecule has 1 amide bonds. The highest BCUT2D eigenvalue weighted by atomic mass is 35.5.